The Kier molecular flexibility index (Phi) is 3.96. The van der Waals surface area contributed by atoms with Crippen molar-refractivity contribution in [1.29, 1.82) is 0 Å². The van der Waals surface area contributed by atoms with Crippen molar-refractivity contribution in [3.63, 3.8) is 0 Å². The first-order chi connectivity index (χ1) is 10.3. The molecule has 2 heterocycles. The highest BCUT2D eigenvalue weighted by Gasteiger charge is 2.17. The molecule has 2 N–H and O–H groups in total. The molecule has 0 spiro atoms. The number of aromatic nitrogens is 2. The molecule has 1 aromatic carbocycles. The van der Waals surface area contributed by atoms with Gasteiger partial charge in [-0.1, -0.05) is 12.1 Å². The maximum atomic E-state index is 13.7. The van der Waals surface area contributed by atoms with E-state index in [1.54, 1.807) is 25.3 Å². The summed E-state index contributed by atoms with van der Waals surface area (Å²) < 4.78 is 19.1. The SMILES string of the molecule is COc1nc(Nc2ccccc2F)nc2c1CCNCC2. The Morgan fingerprint density at radius 3 is 2.81 bits per heavy atom. The smallest absolute Gasteiger partial charge is 0.230 e. The van der Waals surface area contributed by atoms with Crippen molar-refractivity contribution in [1.82, 2.24) is 15.3 Å². The van der Waals surface area contributed by atoms with Gasteiger partial charge in [0.25, 0.3) is 0 Å². The van der Waals surface area contributed by atoms with Crippen molar-refractivity contribution in [2.24, 2.45) is 0 Å². The average Bonchev–Trinajstić information content (AvgIpc) is 2.74. The number of rotatable bonds is 3. The lowest BCUT2D eigenvalue weighted by Gasteiger charge is -2.13. The molecule has 0 fully saturated rings. The summed E-state index contributed by atoms with van der Waals surface area (Å²) >= 11 is 0. The van der Waals surface area contributed by atoms with Crippen LogP contribution in [0.4, 0.5) is 16.0 Å². The molecule has 1 aliphatic rings. The summed E-state index contributed by atoms with van der Waals surface area (Å²) in [5, 5.41) is 6.24. The highest BCUT2D eigenvalue weighted by atomic mass is 19.1. The summed E-state index contributed by atoms with van der Waals surface area (Å²) in [6.45, 7) is 1.75. The van der Waals surface area contributed by atoms with Gasteiger partial charge in [-0.15, -0.1) is 0 Å². The molecule has 0 saturated heterocycles. The van der Waals surface area contributed by atoms with Crippen molar-refractivity contribution >= 4 is 11.6 Å². The molecule has 2 aromatic rings. The molecule has 0 unspecified atom stereocenters. The Balaban J connectivity index is 1.96. The topological polar surface area (TPSA) is 59.1 Å². The molecule has 0 saturated carbocycles. The predicted octanol–water partition coefficient (Wildman–Crippen LogP) is 2.06. The van der Waals surface area contributed by atoms with Gasteiger partial charge in [0.1, 0.15) is 5.82 Å². The van der Waals surface area contributed by atoms with Gasteiger partial charge in [0.2, 0.25) is 11.8 Å². The molecular weight excluding hydrogens is 271 g/mol. The van der Waals surface area contributed by atoms with Crippen molar-refractivity contribution in [2.75, 3.05) is 25.5 Å². The third kappa shape index (κ3) is 2.95. The summed E-state index contributed by atoms with van der Waals surface area (Å²) in [4.78, 5) is 8.85. The van der Waals surface area contributed by atoms with Crippen LogP contribution < -0.4 is 15.4 Å². The van der Waals surface area contributed by atoms with Gasteiger partial charge in [-0.3, -0.25) is 0 Å². The van der Waals surface area contributed by atoms with Crippen molar-refractivity contribution < 1.29 is 9.13 Å². The first-order valence-corrected chi connectivity index (χ1v) is 6.94. The summed E-state index contributed by atoms with van der Waals surface area (Å²) in [6, 6.07) is 6.45. The normalized spacial score (nSPS) is 14.2. The zero-order valence-corrected chi connectivity index (χ0v) is 11.8. The monoisotopic (exact) mass is 288 g/mol. The second-order valence-electron chi connectivity index (χ2n) is 4.84. The van der Waals surface area contributed by atoms with Gasteiger partial charge in [-0.25, -0.2) is 9.37 Å². The number of nitrogens with zero attached hydrogens (tertiary/aromatic N) is 2. The highest BCUT2D eigenvalue weighted by Crippen LogP contribution is 2.25. The zero-order chi connectivity index (χ0) is 14.7. The van der Waals surface area contributed by atoms with E-state index in [0.717, 1.165) is 37.2 Å². The van der Waals surface area contributed by atoms with Crippen LogP contribution in [0.15, 0.2) is 24.3 Å². The van der Waals surface area contributed by atoms with Gasteiger partial charge in [-0.2, -0.15) is 4.98 Å². The van der Waals surface area contributed by atoms with Crippen molar-refractivity contribution in [2.45, 2.75) is 12.8 Å². The number of methoxy groups -OCH3 is 1. The molecular formula is C15H17FN4O. The van der Waals surface area contributed by atoms with Crippen molar-refractivity contribution in [3.8, 4) is 5.88 Å². The molecule has 0 amide bonds. The molecule has 1 aromatic heterocycles. The minimum absolute atomic E-state index is 0.336. The molecule has 0 atom stereocenters. The maximum absolute atomic E-state index is 13.7. The molecule has 5 nitrogen and oxygen atoms in total. The lowest BCUT2D eigenvalue weighted by atomic mass is 10.1. The van der Waals surface area contributed by atoms with E-state index in [2.05, 4.69) is 20.6 Å². The quantitative estimate of drug-likeness (QED) is 0.905. The van der Waals surface area contributed by atoms with Gasteiger partial charge < -0.3 is 15.4 Å². The molecule has 1 aliphatic heterocycles. The number of halogens is 1. The van der Waals surface area contributed by atoms with Gasteiger partial charge in [0.05, 0.1) is 18.5 Å². The summed E-state index contributed by atoms with van der Waals surface area (Å²) in [7, 11) is 1.59. The minimum atomic E-state index is -0.336. The maximum Gasteiger partial charge on any atom is 0.230 e. The number of para-hydroxylation sites is 1. The van der Waals surface area contributed by atoms with Gasteiger partial charge in [0.15, 0.2) is 0 Å². The van der Waals surface area contributed by atoms with Gasteiger partial charge in [-0.05, 0) is 25.1 Å². The molecule has 0 radical (unpaired) electrons. The number of nitrogens with one attached hydrogen (secondary N) is 2. The van der Waals surface area contributed by atoms with E-state index in [-0.39, 0.29) is 5.82 Å². The van der Waals surface area contributed by atoms with Crippen LogP contribution in [0.3, 0.4) is 0 Å². The van der Waals surface area contributed by atoms with Crippen LogP contribution in [-0.2, 0) is 12.8 Å². The van der Waals surface area contributed by atoms with Crippen LogP contribution in [-0.4, -0.2) is 30.2 Å². The van der Waals surface area contributed by atoms with Crippen molar-refractivity contribution in [3.05, 3.63) is 41.3 Å². The number of ether oxygens (including phenoxy) is 1. The molecule has 110 valence electrons. The van der Waals surface area contributed by atoms with E-state index in [0.29, 0.717) is 17.5 Å². The van der Waals surface area contributed by atoms with Crippen LogP contribution in [0.1, 0.15) is 11.3 Å². The number of anilines is 2. The van der Waals surface area contributed by atoms with Crippen LogP contribution in [0.25, 0.3) is 0 Å². The number of fused-ring (bicyclic) bond motifs is 1. The largest absolute Gasteiger partial charge is 0.481 e. The summed E-state index contributed by atoms with van der Waals surface area (Å²) in [5.74, 6) is 0.580. The van der Waals surface area contributed by atoms with E-state index in [9.17, 15) is 4.39 Å². The van der Waals surface area contributed by atoms with E-state index in [1.165, 1.54) is 6.07 Å². The first-order valence-electron chi connectivity index (χ1n) is 6.94. The van der Waals surface area contributed by atoms with Gasteiger partial charge in [0, 0.05) is 18.5 Å². The molecule has 6 heteroatoms. The number of benzene rings is 1. The third-order valence-electron chi connectivity index (χ3n) is 3.46. The Bertz CT molecular complexity index is 648. The first kappa shape index (κ1) is 13.8. The van der Waals surface area contributed by atoms with E-state index in [1.807, 2.05) is 0 Å². The van der Waals surface area contributed by atoms with Crippen LogP contribution in [0.2, 0.25) is 0 Å². The molecule has 0 aliphatic carbocycles. The zero-order valence-electron chi connectivity index (χ0n) is 11.8. The highest BCUT2D eigenvalue weighted by molar-refractivity contribution is 5.55. The second kappa shape index (κ2) is 6.05. The lowest BCUT2D eigenvalue weighted by molar-refractivity contribution is 0.391. The Morgan fingerprint density at radius 1 is 1.19 bits per heavy atom. The van der Waals surface area contributed by atoms with E-state index < -0.39 is 0 Å². The predicted molar refractivity (Wildman–Crippen MR) is 78.5 cm³/mol. The molecule has 21 heavy (non-hydrogen) atoms. The fourth-order valence-corrected chi connectivity index (χ4v) is 2.42. The van der Waals surface area contributed by atoms with E-state index in [4.69, 9.17) is 4.74 Å². The fraction of sp³-hybridized carbons (Fsp3) is 0.333. The summed E-state index contributed by atoms with van der Waals surface area (Å²) in [5.41, 5.74) is 2.33. The fourth-order valence-electron chi connectivity index (χ4n) is 2.42. The van der Waals surface area contributed by atoms with Crippen LogP contribution >= 0.6 is 0 Å². The minimum Gasteiger partial charge on any atom is -0.481 e. The standard InChI is InChI=1S/C15H17FN4O/c1-21-14-10-6-8-17-9-7-12(10)18-15(20-14)19-13-5-3-2-4-11(13)16/h2-5,17H,6-9H2,1H3,(H,18,19,20). The lowest BCUT2D eigenvalue weighted by Crippen LogP contribution is -2.16. The second-order valence-corrected chi connectivity index (χ2v) is 4.84. The number of hydrogen-bond donors (Lipinski definition) is 2. The molecule has 0 bridgehead atoms. The molecule has 3 rings (SSSR count). The van der Waals surface area contributed by atoms with Crippen LogP contribution in [0.5, 0.6) is 5.88 Å². The third-order valence-corrected chi connectivity index (χ3v) is 3.46. The van der Waals surface area contributed by atoms with Gasteiger partial charge >= 0.3 is 0 Å². The number of hydrogen-bond acceptors (Lipinski definition) is 5. The Morgan fingerprint density at radius 2 is 2.00 bits per heavy atom. The summed E-state index contributed by atoms with van der Waals surface area (Å²) in [6.07, 6.45) is 1.64. The Hall–Kier alpha value is -2.21. The average molecular weight is 288 g/mol. The van der Waals surface area contributed by atoms with Crippen LogP contribution in [0, 0.1) is 5.82 Å². The van der Waals surface area contributed by atoms with E-state index >= 15 is 0 Å². The Labute approximate surface area is 122 Å².